The molecule has 1 rings (SSSR count). The molecule has 0 aliphatic heterocycles. The number of esters is 1. The summed E-state index contributed by atoms with van der Waals surface area (Å²) in [7, 11) is 0. The van der Waals surface area contributed by atoms with Crippen LogP contribution >= 0.6 is 12.2 Å². The van der Waals surface area contributed by atoms with E-state index in [4.69, 9.17) is 22.7 Å². The van der Waals surface area contributed by atoms with Crippen molar-refractivity contribution < 1.29 is 14.3 Å². The van der Waals surface area contributed by atoms with Crippen molar-refractivity contribution in [2.45, 2.75) is 26.8 Å². The lowest BCUT2D eigenvalue weighted by Gasteiger charge is -2.25. The van der Waals surface area contributed by atoms with Crippen molar-refractivity contribution in [3.63, 3.8) is 0 Å². The molecule has 0 saturated carbocycles. The van der Waals surface area contributed by atoms with Gasteiger partial charge in [0.25, 0.3) is 5.91 Å². The summed E-state index contributed by atoms with van der Waals surface area (Å²) in [4.78, 5) is 25.8. The number of hydrogen-bond donors (Lipinski definition) is 1. The van der Waals surface area contributed by atoms with E-state index in [0.29, 0.717) is 17.7 Å². The summed E-state index contributed by atoms with van der Waals surface area (Å²) in [5.41, 5.74) is 6.70. The van der Waals surface area contributed by atoms with Crippen LogP contribution in [0, 0.1) is 0 Å². The number of amides is 1. The third kappa shape index (κ3) is 4.82. The van der Waals surface area contributed by atoms with Gasteiger partial charge in [0.1, 0.15) is 11.5 Å². The fourth-order valence-electron chi connectivity index (χ4n) is 1.78. The molecule has 0 aliphatic rings. The molecule has 1 amide bonds. The first-order valence-electron chi connectivity index (χ1n) is 6.73. The lowest BCUT2D eigenvalue weighted by molar-refractivity contribution is -0.144. The maximum absolute atomic E-state index is 12.5. The number of benzene rings is 1. The average Bonchev–Trinajstić information content (AvgIpc) is 2.44. The van der Waals surface area contributed by atoms with Crippen molar-refractivity contribution in [1.29, 1.82) is 0 Å². The van der Waals surface area contributed by atoms with Crippen molar-refractivity contribution in [3.05, 3.63) is 35.4 Å². The maximum Gasteiger partial charge on any atom is 0.325 e. The number of nitrogens with two attached hydrogens (primary N) is 1. The molecular formula is C15H20N2O3S. The van der Waals surface area contributed by atoms with E-state index in [2.05, 4.69) is 0 Å². The zero-order valence-electron chi connectivity index (χ0n) is 12.5. The highest BCUT2D eigenvalue weighted by Gasteiger charge is 2.22. The Balaban J connectivity index is 2.90. The molecule has 1 aromatic rings. The van der Waals surface area contributed by atoms with Crippen LogP contribution in [0.2, 0.25) is 0 Å². The Hall–Kier alpha value is -1.95. The van der Waals surface area contributed by atoms with Crippen LogP contribution < -0.4 is 5.73 Å². The van der Waals surface area contributed by atoms with E-state index >= 15 is 0 Å². The fraction of sp³-hybridized carbons (Fsp3) is 0.400. The Kier molecular flexibility index (Phi) is 6.30. The van der Waals surface area contributed by atoms with Gasteiger partial charge >= 0.3 is 5.97 Å². The van der Waals surface area contributed by atoms with Gasteiger partial charge in [-0.25, -0.2) is 0 Å². The summed E-state index contributed by atoms with van der Waals surface area (Å²) in [5, 5.41) is 0. The van der Waals surface area contributed by atoms with Gasteiger partial charge in [-0.2, -0.15) is 0 Å². The Labute approximate surface area is 130 Å². The smallest absolute Gasteiger partial charge is 0.325 e. The van der Waals surface area contributed by atoms with Crippen LogP contribution in [-0.4, -0.2) is 41.0 Å². The van der Waals surface area contributed by atoms with E-state index in [-0.39, 0.29) is 23.5 Å². The molecular weight excluding hydrogens is 288 g/mol. The molecule has 1 aromatic carbocycles. The molecule has 0 bridgehead atoms. The fourth-order valence-corrected chi connectivity index (χ4v) is 1.91. The highest BCUT2D eigenvalue weighted by molar-refractivity contribution is 7.80. The summed E-state index contributed by atoms with van der Waals surface area (Å²) in [6.45, 7) is 5.65. The molecule has 0 aliphatic carbocycles. The SMILES string of the molecule is CCOC(=O)CN(C(=O)c1ccc(C(N)=S)cc1)C(C)C. The van der Waals surface area contributed by atoms with Crippen LogP contribution in [0.3, 0.4) is 0 Å². The molecule has 2 N–H and O–H groups in total. The van der Waals surface area contributed by atoms with Crippen LogP contribution in [0.4, 0.5) is 0 Å². The van der Waals surface area contributed by atoms with Crippen molar-refractivity contribution >= 4 is 29.1 Å². The van der Waals surface area contributed by atoms with Crippen LogP contribution in [-0.2, 0) is 9.53 Å². The van der Waals surface area contributed by atoms with E-state index in [9.17, 15) is 9.59 Å². The second-order valence-corrected chi connectivity index (χ2v) is 5.21. The second kappa shape index (κ2) is 7.73. The lowest BCUT2D eigenvalue weighted by Crippen LogP contribution is -2.41. The Bertz CT molecular complexity index is 526. The largest absolute Gasteiger partial charge is 0.465 e. The molecule has 114 valence electrons. The maximum atomic E-state index is 12.5. The van der Waals surface area contributed by atoms with Crippen molar-refractivity contribution in [1.82, 2.24) is 4.90 Å². The number of carbonyl (C=O) groups excluding carboxylic acids is 2. The van der Waals surface area contributed by atoms with Crippen molar-refractivity contribution in [2.75, 3.05) is 13.2 Å². The number of carbonyl (C=O) groups is 2. The van der Waals surface area contributed by atoms with E-state index < -0.39 is 5.97 Å². The number of hydrogen-bond acceptors (Lipinski definition) is 4. The molecule has 0 unspecified atom stereocenters. The van der Waals surface area contributed by atoms with Gasteiger partial charge in [0.15, 0.2) is 0 Å². The van der Waals surface area contributed by atoms with E-state index in [1.165, 1.54) is 4.90 Å². The summed E-state index contributed by atoms with van der Waals surface area (Å²) in [6.07, 6.45) is 0. The molecule has 0 aromatic heterocycles. The Morgan fingerprint density at radius 3 is 2.19 bits per heavy atom. The number of ether oxygens (including phenoxy) is 1. The number of rotatable bonds is 6. The highest BCUT2D eigenvalue weighted by atomic mass is 32.1. The standard InChI is InChI=1S/C15H20N2O3S/c1-4-20-13(18)9-17(10(2)3)15(19)12-7-5-11(6-8-12)14(16)21/h5-8,10H,4,9H2,1-3H3,(H2,16,21). The van der Waals surface area contributed by atoms with Crippen LogP contribution in [0.15, 0.2) is 24.3 Å². The van der Waals surface area contributed by atoms with Crippen LogP contribution in [0.5, 0.6) is 0 Å². The molecule has 0 atom stereocenters. The van der Waals surface area contributed by atoms with Gasteiger partial charge in [0.05, 0.1) is 6.61 Å². The van der Waals surface area contributed by atoms with Gasteiger partial charge in [0.2, 0.25) is 0 Å². The Morgan fingerprint density at radius 2 is 1.76 bits per heavy atom. The van der Waals surface area contributed by atoms with Gasteiger partial charge in [-0.3, -0.25) is 9.59 Å². The van der Waals surface area contributed by atoms with Crippen molar-refractivity contribution in [3.8, 4) is 0 Å². The average molecular weight is 308 g/mol. The third-order valence-corrected chi connectivity index (χ3v) is 3.14. The first-order valence-corrected chi connectivity index (χ1v) is 7.14. The molecule has 0 saturated heterocycles. The molecule has 5 nitrogen and oxygen atoms in total. The van der Waals surface area contributed by atoms with Crippen molar-refractivity contribution in [2.24, 2.45) is 5.73 Å². The predicted octanol–water partition coefficient (Wildman–Crippen LogP) is 1.73. The lowest BCUT2D eigenvalue weighted by atomic mass is 10.1. The van der Waals surface area contributed by atoms with Gasteiger partial charge in [0, 0.05) is 17.2 Å². The van der Waals surface area contributed by atoms with E-state index in [1.807, 2.05) is 13.8 Å². The molecule has 6 heteroatoms. The minimum absolute atomic E-state index is 0.0681. The third-order valence-electron chi connectivity index (χ3n) is 2.91. The first kappa shape index (κ1) is 17.1. The number of nitrogens with zero attached hydrogens (tertiary/aromatic N) is 1. The first-order chi connectivity index (χ1) is 9.86. The Morgan fingerprint density at radius 1 is 1.24 bits per heavy atom. The van der Waals surface area contributed by atoms with Gasteiger partial charge < -0.3 is 15.4 Å². The summed E-state index contributed by atoms with van der Waals surface area (Å²) < 4.78 is 4.89. The zero-order valence-corrected chi connectivity index (χ0v) is 13.3. The van der Waals surface area contributed by atoms with Gasteiger partial charge in [-0.15, -0.1) is 0 Å². The summed E-state index contributed by atoms with van der Waals surface area (Å²) >= 11 is 4.87. The predicted molar refractivity (Wildman–Crippen MR) is 85.1 cm³/mol. The highest BCUT2D eigenvalue weighted by Crippen LogP contribution is 2.11. The van der Waals surface area contributed by atoms with Gasteiger partial charge in [-0.1, -0.05) is 24.4 Å². The molecule has 0 fully saturated rings. The van der Waals surface area contributed by atoms with E-state index in [1.54, 1.807) is 31.2 Å². The molecule has 0 radical (unpaired) electrons. The van der Waals surface area contributed by atoms with E-state index in [0.717, 1.165) is 0 Å². The normalized spacial score (nSPS) is 10.3. The quantitative estimate of drug-likeness (QED) is 0.640. The topological polar surface area (TPSA) is 72.6 Å². The monoisotopic (exact) mass is 308 g/mol. The molecule has 0 heterocycles. The summed E-state index contributed by atoms with van der Waals surface area (Å²) in [5.74, 6) is -0.646. The van der Waals surface area contributed by atoms with Crippen LogP contribution in [0.1, 0.15) is 36.7 Å². The van der Waals surface area contributed by atoms with Gasteiger partial charge in [-0.05, 0) is 32.9 Å². The molecule has 21 heavy (non-hydrogen) atoms. The molecule has 0 spiro atoms. The van der Waals surface area contributed by atoms with Crippen LogP contribution in [0.25, 0.3) is 0 Å². The zero-order chi connectivity index (χ0) is 16.0. The number of thiocarbonyl (C=S) groups is 1. The minimum Gasteiger partial charge on any atom is -0.465 e. The minimum atomic E-state index is -0.417. The second-order valence-electron chi connectivity index (χ2n) is 4.77. The summed E-state index contributed by atoms with van der Waals surface area (Å²) in [6, 6.07) is 6.57.